The Bertz CT molecular complexity index is 1270. The summed E-state index contributed by atoms with van der Waals surface area (Å²) in [5.74, 6) is -0.927. The zero-order chi connectivity index (χ0) is 29.1. The predicted molar refractivity (Wildman–Crippen MR) is 158 cm³/mol. The van der Waals surface area contributed by atoms with Gasteiger partial charge in [-0.05, 0) is 29.0 Å². The van der Waals surface area contributed by atoms with E-state index in [1.165, 1.54) is 12.0 Å². The van der Waals surface area contributed by atoms with E-state index in [-0.39, 0.29) is 29.7 Å². The van der Waals surface area contributed by atoms with E-state index in [1.807, 2.05) is 73.3 Å². The quantitative estimate of drug-likeness (QED) is 0.226. The fraction of sp³-hybridized carbons (Fsp3) is 0.382. The van der Waals surface area contributed by atoms with E-state index in [0.717, 1.165) is 16.7 Å². The Morgan fingerprint density at radius 2 is 1.32 bits per heavy atom. The molecule has 2 saturated heterocycles. The average molecular weight is 554 g/mol. The number of esters is 1. The van der Waals surface area contributed by atoms with Gasteiger partial charge in [-0.2, -0.15) is 0 Å². The zero-order valence-electron chi connectivity index (χ0n) is 24.3. The fourth-order valence-electron chi connectivity index (χ4n) is 6.55. The lowest BCUT2D eigenvalue weighted by molar-refractivity contribution is -0.155. The number of methoxy groups -OCH3 is 1. The minimum Gasteiger partial charge on any atom is -0.467 e. The van der Waals surface area contributed by atoms with Crippen molar-refractivity contribution in [2.75, 3.05) is 33.8 Å². The Hall–Kier alpha value is -3.97. The molecule has 7 heteroatoms. The lowest BCUT2D eigenvalue weighted by Gasteiger charge is -2.38. The van der Waals surface area contributed by atoms with Gasteiger partial charge >= 0.3 is 5.97 Å². The number of nitrogens with zero attached hydrogens (tertiary/aromatic N) is 3. The van der Waals surface area contributed by atoms with Gasteiger partial charge in [-0.25, -0.2) is 4.79 Å². The molecule has 2 heterocycles. The predicted octanol–water partition coefficient (Wildman–Crippen LogP) is 4.17. The fourth-order valence-corrected chi connectivity index (χ4v) is 6.55. The van der Waals surface area contributed by atoms with Crippen molar-refractivity contribution >= 4 is 17.8 Å². The Balaban J connectivity index is 1.40. The van der Waals surface area contributed by atoms with E-state index in [1.54, 1.807) is 7.05 Å². The number of carbonyl (C=O) groups is 3. The van der Waals surface area contributed by atoms with Crippen LogP contribution in [0.3, 0.4) is 0 Å². The number of rotatable bonds is 9. The van der Waals surface area contributed by atoms with Gasteiger partial charge in [0.05, 0.1) is 18.6 Å². The first kappa shape index (κ1) is 28.6. The van der Waals surface area contributed by atoms with E-state index < -0.39 is 17.6 Å². The summed E-state index contributed by atoms with van der Waals surface area (Å²) in [6.45, 7) is 5.29. The molecule has 0 radical (unpaired) electrons. The Kier molecular flexibility index (Phi) is 8.27. The molecule has 2 fully saturated rings. The molecule has 0 aromatic heterocycles. The van der Waals surface area contributed by atoms with Crippen LogP contribution in [0.25, 0.3) is 0 Å². The maximum absolute atomic E-state index is 14.0. The SMILES string of the molecule is COC(=O)[C@H](C(C)C)N(C)C(=O)C1CCN(C(=O)C2CN2C(c2ccccc2)(c2ccccc2)c2ccccc2)C1. The molecular formula is C34H39N3O4. The van der Waals surface area contributed by atoms with Crippen molar-refractivity contribution in [2.24, 2.45) is 11.8 Å². The first-order chi connectivity index (χ1) is 19.8. The number of carbonyl (C=O) groups excluding carboxylic acids is 3. The first-order valence-electron chi connectivity index (χ1n) is 14.4. The summed E-state index contributed by atoms with van der Waals surface area (Å²) in [4.78, 5) is 45.4. The molecule has 3 aromatic carbocycles. The molecule has 3 unspecified atom stereocenters. The number of hydrogen-bond donors (Lipinski definition) is 0. The Morgan fingerprint density at radius 3 is 1.76 bits per heavy atom. The van der Waals surface area contributed by atoms with Crippen molar-refractivity contribution in [2.45, 2.75) is 37.9 Å². The summed E-state index contributed by atoms with van der Waals surface area (Å²) < 4.78 is 4.96. The van der Waals surface area contributed by atoms with E-state index >= 15 is 0 Å². The first-order valence-corrected chi connectivity index (χ1v) is 14.4. The summed E-state index contributed by atoms with van der Waals surface area (Å²) in [6, 6.07) is 30.1. The van der Waals surface area contributed by atoms with Gasteiger partial charge in [0.15, 0.2) is 0 Å². The normalized spacial score (nSPS) is 20.9. The van der Waals surface area contributed by atoms with E-state index in [2.05, 4.69) is 41.3 Å². The molecule has 0 spiro atoms. The molecular weight excluding hydrogens is 514 g/mol. The zero-order valence-corrected chi connectivity index (χ0v) is 24.3. The third-order valence-corrected chi connectivity index (χ3v) is 8.59. The molecule has 3 aromatic rings. The van der Waals surface area contributed by atoms with Gasteiger partial charge in [0, 0.05) is 26.7 Å². The lowest BCUT2D eigenvalue weighted by atomic mass is 9.76. The number of ether oxygens (including phenoxy) is 1. The standard InChI is InChI=1S/C34H39N3O4/c1-24(2)30(33(40)41-4)35(3)31(38)25-20-21-36(22-25)32(39)29-23-37(29)34(26-14-8-5-9-15-26,27-16-10-6-11-17-27)28-18-12-7-13-19-28/h5-19,24-25,29-30H,20-23H2,1-4H3/t25?,29?,30-,37?/m0/s1. The van der Waals surface area contributed by atoms with E-state index in [9.17, 15) is 14.4 Å². The highest BCUT2D eigenvalue weighted by atomic mass is 16.5. The minimum absolute atomic E-state index is 0.0449. The topological polar surface area (TPSA) is 69.9 Å². The van der Waals surface area contributed by atoms with Crippen molar-refractivity contribution in [3.8, 4) is 0 Å². The molecule has 41 heavy (non-hydrogen) atoms. The van der Waals surface area contributed by atoms with Gasteiger partial charge in [0.1, 0.15) is 12.1 Å². The summed E-state index contributed by atoms with van der Waals surface area (Å²) in [5, 5.41) is 0. The Labute approximate surface area is 242 Å². The van der Waals surface area contributed by atoms with Crippen molar-refractivity contribution in [1.29, 1.82) is 0 Å². The molecule has 214 valence electrons. The second-order valence-corrected chi connectivity index (χ2v) is 11.4. The molecule has 2 aliphatic rings. The van der Waals surface area contributed by atoms with Gasteiger partial charge in [0.2, 0.25) is 11.8 Å². The highest BCUT2D eigenvalue weighted by Gasteiger charge is 2.57. The largest absolute Gasteiger partial charge is 0.467 e. The third-order valence-electron chi connectivity index (χ3n) is 8.59. The highest BCUT2D eigenvalue weighted by molar-refractivity contribution is 5.89. The van der Waals surface area contributed by atoms with Crippen LogP contribution in [0.4, 0.5) is 0 Å². The molecule has 5 rings (SSSR count). The molecule has 0 bridgehead atoms. The lowest BCUT2D eigenvalue weighted by Crippen LogP contribution is -2.49. The number of likely N-dealkylation sites (tertiary alicyclic amines) is 1. The van der Waals surface area contributed by atoms with E-state index in [4.69, 9.17) is 4.74 Å². The molecule has 2 amide bonds. The van der Waals surface area contributed by atoms with Crippen molar-refractivity contribution in [1.82, 2.24) is 14.7 Å². The van der Waals surface area contributed by atoms with Crippen LogP contribution in [0, 0.1) is 11.8 Å². The molecule has 4 atom stereocenters. The average Bonchev–Trinajstić information content (AvgIpc) is 3.64. The van der Waals surface area contributed by atoms with Crippen molar-refractivity contribution < 1.29 is 19.1 Å². The number of amides is 2. The third kappa shape index (κ3) is 5.26. The van der Waals surface area contributed by atoms with Crippen LogP contribution in [0.15, 0.2) is 91.0 Å². The van der Waals surface area contributed by atoms with Crippen molar-refractivity contribution in [3.05, 3.63) is 108 Å². The monoisotopic (exact) mass is 553 g/mol. The maximum atomic E-state index is 14.0. The number of likely N-dealkylation sites (N-methyl/N-ethyl adjacent to an activating group) is 1. The van der Waals surface area contributed by atoms with Crippen LogP contribution in [-0.2, 0) is 24.7 Å². The van der Waals surface area contributed by atoms with Crippen LogP contribution in [-0.4, -0.2) is 78.4 Å². The molecule has 7 nitrogen and oxygen atoms in total. The van der Waals surface area contributed by atoms with Gasteiger partial charge in [-0.1, -0.05) is 105 Å². The Morgan fingerprint density at radius 1 is 0.829 bits per heavy atom. The summed E-state index contributed by atoms with van der Waals surface area (Å²) >= 11 is 0. The molecule has 0 N–H and O–H groups in total. The molecule has 2 aliphatic heterocycles. The maximum Gasteiger partial charge on any atom is 0.328 e. The van der Waals surface area contributed by atoms with E-state index in [0.29, 0.717) is 26.1 Å². The molecule has 0 saturated carbocycles. The minimum atomic E-state index is -0.653. The van der Waals surface area contributed by atoms with Gasteiger partial charge in [-0.3, -0.25) is 14.5 Å². The van der Waals surface area contributed by atoms with Crippen molar-refractivity contribution in [3.63, 3.8) is 0 Å². The van der Waals surface area contributed by atoms with Crippen LogP contribution >= 0.6 is 0 Å². The van der Waals surface area contributed by atoms with Crippen LogP contribution < -0.4 is 0 Å². The van der Waals surface area contributed by atoms with Gasteiger partial charge in [0.25, 0.3) is 0 Å². The van der Waals surface area contributed by atoms with Gasteiger partial charge < -0.3 is 14.5 Å². The second kappa shape index (κ2) is 11.9. The molecule has 0 aliphatic carbocycles. The smallest absolute Gasteiger partial charge is 0.328 e. The van der Waals surface area contributed by atoms with Crippen LogP contribution in [0.1, 0.15) is 37.0 Å². The summed E-state index contributed by atoms with van der Waals surface area (Å²) in [7, 11) is 3.00. The highest BCUT2D eigenvalue weighted by Crippen LogP contribution is 2.48. The summed E-state index contributed by atoms with van der Waals surface area (Å²) in [6.07, 6.45) is 0.578. The summed E-state index contributed by atoms with van der Waals surface area (Å²) in [5.41, 5.74) is 2.67. The number of hydrogen-bond acceptors (Lipinski definition) is 5. The van der Waals surface area contributed by atoms with Crippen LogP contribution in [0.2, 0.25) is 0 Å². The van der Waals surface area contributed by atoms with Gasteiger partial charge in [-0.15, -0.1) is 0 Å². The number of benzene rings is 3. The van der Waals surface area contributed by atoms with Crippen LogP contribution in [0.5, 0.6) is 0 Å². The second-order valence-electron chi connectivity index (χ2n) is 11.4.